The van der Waals surface area contributed by atoms with Crippen LogP contribution < -0.4 is 10.1 Å². The molecule has 160 valence electrons. The van der Waals surface area contributed by atoms with Crippen molar-refractivity contribution in [1.82, 2.24) is 5.32 Å². The van der Waals surface area contributed by atoms with E-state index in [2.05, 4.69) is 5.32 Å². The number of benzene rings is 3. The Labute approximate surface area is 178 Å². The molecule has 3 aromatic rings. The fourth-order valence-corrected chi connectivity index (χ4v) is 2.99. The zero-order valence-electron chi connectivity index (χ0n) is 16.8. The summed E-state index contributed by atoms with van der Waals surface area (Å²) >= 11 is 0. The molecule has 0 fully saturated rings. The van der Waals surface area contributed by atoms with Crippen LogP contribution in [0.3, 0.4) is 0 Å². The molecule has 31 heavy (non-hydrogen) atoms. The first-order valence-electron chi connectivity index (χ1n) is 9.56. The number of carbonyl (C=O) groups is 2. The predicted octanol–water partition coefficient (Wildman–Crippen LogP) is 4.06. The molecule has 0 aliphatic carbocycles. The zero-order valence-corrected chi connectivity index (χ0v) is 16.8. The van der Waals surface area contributed by atoms with Crippen LogP contribution in [0.5, 0.6) is 5.75 Å². The second kappa shape index (κ2) is 10.3. The summed E-state index contributed by atoms with van der Waals surface area (Å²) in [5.74, 6) is -3.46. The topological polar surface area (TPSA) is 64.6 Å². The molecule has 0 aliphatic rings. The first-order valence-corrected chi connectivity index (χ1v) is 9.56. The van der Waals surface area contributed by atoms with E-state index in [0.29, 0.717) is 17.9 Å². The number of amides is 1. The summed E-state index contributed by atoms with van der Waals surface area (Å²) in [7, 11) is 1.18. The molecule has 1 amide bonds. The van der Waals surface area contributed by atoms with Crippen molar-refractivity contribution in [2.75, 3.05) is 7.11 Å². The van der Waals surface area contributed by atoms with Crippen molar-refractivity contribution in [3.8, 4) is 5.75 Å². The number of hydrogen-bond acceptors (Lipinski definition) is 4. The molecule has 0 saturated carbocycles. The van der Waals surface area contributed by atoms with Crippen molar-refractivity contribution < 1.29 is 27.8 Å². The SMILES string of the molecule is COC(=O)[C@@H](Cc1cccc(OCc2ccccc2)c1)NC(=O)c1cccc(F)c1F. The quantitative estimate of drug-likeness (QED) is 0.553. The highest BCUT2D eigenvalue weighted by Crippen LogP contribution is 2.18. The third-order valence-corrected chi connectivity index (χ3v) is 4.57. The molecule has 0 aliphatic heterocycles. The largest absolute Gasteiger partial charge is 0.489 e. The lowest BCUT2D eigenvalue weighted by Gasteiger charge is -2.17. The Morgan fingerprint density at radius 2 is 1.65 bits per heavy atom. The maximum Gasteiger partial charge on any atom is 0.328 e. The molecule has 0 bridgehead atoms. The Bertz CT molecular complexity index is 1060. The van der Waals surface area contributed by atoms with Gasteiger partial charge in [0.15, 0.2) is 11.6 Å². The van der Waals surface area contributed by atoms with Gasteiger partial charge in [-0.15, -0.1) is 0 Å². The lowest BCUT2D eigenvalue weighted by Crippen LogP contribution is -2.43. The monoisotopic (exact) mass is 425 g/mol. The van der Waals surface area contributed by atoms with Crippen molar-refractivity contribution in [2.45, 2.75) is 19.1 Å². The summed E-state index contributed by atoms with van der Waals surface area (Å²) in [6.45, 7) is 0.375. The van der Waals surface area contributed by atoms with Gasteiger partial charge in [-0.25, -0.2) is 13.6 Å². The molecule has 0 heterocycles. The van der Waals surface area contributed by atoms with Crippen LogP contribution in [0.2, 0.25) is 0 Å². The highest BCUT2D eigenvalue weighted by atomic mass is 19.2. The standard InChI is InChI=1S/C24H21F2NO4/c1-30-24(29)21(27-23(28)19-11-6-12-20(25)22(19)26)14-17-9-5-10-18(13-17)31-15-16-7-3-2-4-8-16/h2-13,21H,14-15H2,1H3,(H,27,28)/t21-/m1/s1. The van der Waals surface area contributed by atoms with Crippen LogP contribution in [0.4, 0.5) is 8.78 Å². The van der Waals surface area contributed by atoms with E-state index < -0.39 is 35.1 Å². The summed E-state index contributed by atoms with van der Waals surface area (Å²) in [5.41, 5.74) is 1.21. The lowest BCUT2D eigenvalue weighted by atomic mass is 10.0. The maximum absolute atomic E-state index is 13.9. The minimum absolute atomic E-state index is 0.0812. The number of rotatable bonds is 8. The number of halogens is 2. The maximum atomic E-state index is 13.9. The minimum atomic E-state index is -1.28. The number of hydrogen-bond donors (Lipinski definition) is 1. The Kier molecular flexibility index (Phi) is 7.32. The number of methoxy groups -OCH3 is 1. The third kappa shape index (κ3) is 5.88. The average molecular weight is 425 g/mol. The molecule has 0 aromatic heterocycles. The van der Waals surface area contributed by atoms with Crippen molar-refractivity contribution in [3.05, 3.63) is 101 Å². The molecule has 7 heteroatoms. The van der Waals surface area contributed by atoms with Gasteiger partial charge >= 0.3 is 5.97 Å². The van der Waals surface area contributed by atoms with Gasteiger partial charge in [0.2, 0.25) is 0 Å². The van der Waals surface area contributed by atoms with Crippen LogP contribution >= 0.6 is 0 Å². The van der Waals surface area contributed by atoms with Gasteiger partial charge < -0.3 is 14.8 Å². The fraction of sp³-hybridized carbons (Fsp3) is 0.167. The van der Waals surface area contributed by atoms with Crippen LogP contribution in [0.1, 0.15) is 21.5 Å². The second-order valence-electron chi connectivity index (χ2n) is 6.78. The predicted molar refractivity (Wildman–Crippen MR) is 111 cm³/mol. The van der Waals surface area contributed by atoms with Crippen molar-refractivity contribution >= 4 is 11.9 Å². The van der Waals surface area contributed by atoms with Crippen LogP contribution in [0.25, 0.3) is 0 Å². The van der Waals surface area contributed by atoms with E-state index in [1.807, 2.05) is 30.3 Å². The first-order chi connectivity index (χ1) is 15.0. The van der Waals surface area contributed by atoms with E-state index in [1.165, 1.54) is 13.2 Å². The summed E-state index contributed by atoms with van der Waals surface area (Å²) in [6.07, 6.45) is 0.0812. The molecule has 1 atom stereocenters. The Morgan fingerprint density at radius 3 is 2.39 bits per heavy atom. The van der Waals surface area contributed by atoms with Gasteiger partial charge in [-0.1, -0.05) is 48.5 Å². The minimum Gasteiger partial charge on any atom is -0.489 e. The molecule has 0 unspecified atom stereocenters. The highest BCUT2D eigenvalue weighted by Gasteiger charge is 2.25. The lowest BCUT2D eigenvalue weighted by molar-refractivity contribution is -0.142. The number of nitrogens with one attached hydrogen (secondary N) is 1. The van der Waals surface area contributed by atoms with Gasteiger partial charge in [-0.05, 0) is 35.4 Å². The first kappa shape index (κ1) is 22.0. The summed E-state index contributed by atoms with van der Waals surface area (Å²) < 4.78 is 37.9. The zero-order chi connectivity index (χ0) is 22.2. The molecule has 1 N–H and O–H groups in total. The Morgan fingerprint density at radius 1 is 0.935 bits per heavy atom. The van der Waals surface area contributed by atoms with Crippen molar-refractivity contribution in [2.24, 2.45) is 0 Å². The molecule has 5 nitrogen and oxygen atoms in total. The fourth-order valence-electron chi connectivity index (χ4n) is 2.99. The highest BCUT2D eigenvalue weighted by molar-refractivity contribution is 5.97. The second-order valence-corrected chi connectivity index (χ2v) is 6.78. The summed E-state index contributed by atoms with van der Waals surface area (Å²) in [4.78, 5) is 24.6. The van der Waals surface area contributed by atoms with Crippen LogP contribution in [-0.4, -0.2) is 25.0 Å². The van der Waals surface area contributed by atoms with E-state index in [9.17, 15) is 18.4 Å². The molecular weight excluding hydrogens is 404 g/mol. The van der Waals surface area contributed by atoms with Gasteiger partial charge in [0.1, 0.15) is 18.4 Å². The van der Waals surface area contributed by atoms with Gasteiger partial charge in [0.25, 0.3) is 5.91 Å². The molecule has 0 saturated heterocycles. The Balaban J connectivity index is 1.71. The molecule has 3 rings (SSSR count). The van der Waals surface area contributed by atoms with Gasteiger partial charge in [-0.2, -0.15) is 0 Å². The van der Waals surface area contributed by atoms with Crippen LogP contribution in [0.15, 0.2) is 72.8 Å². The molecule has 0 spiro atoms. The number of ether oxygens (including phenoxy) is 2. The normalized spacial score (nSPS) is 11.5. The summed E-state index contributed by atoms with van der Waals surface area (Å²) in [5, 5.41) is 2.42. The Hall–Kier alpha value is -3.74. The third-order valence-electron chi connectivity index (χ3n) is 4.57. The van der Waals surface area contributed by atoms with E-state index in [-0.39, 0.29) is 6.42 Å². The van der Waals surface area contributed by atoms with E-state index >= 15 is 0 Å². The van der Waals surface area contributed by atoms with E-state index in [1.54, 1.807) is 24.3 Å². The number of carbonyl (C=O) groups excluding carboxylic acids is 2. The van der Waals surface area contributed by atoms with Gasteiger partial charge in [0.05, 0.1) is 12.7 Å². The van der Waals surface area contributed by atoms with Crippen LogP contribution in [0, 0.1) is 11.6 Å². The van der Waals surface area contributed by atoms with Crippen molar-refractivity contribution in [1.29, 1.82) is 0 Å². The average Bonchev–Trinajstić information content (AvgIpc) is 2.79. The number of esters is 1. The summed E-state index contributed by atoms with van der Waals surface area (Å²) in [6, 6.07) is 18.9. The van der Waals surface area contributed by atoms with Gasteiger partial charge in [0, 0.05) is 6.42 Å². The van der Waals surface area contributed by atoms with E-state index in [0.717, 1.165) is 17.7 Å². The van der Waals surface area contributed by atoms with Gasteiger partial charge in [-0.3, -0.25) is 4.79 Å². The van der Waals surface area contributed by atoms with Crippen LogP contribution in [-0.2, 0) is 22.6 Å². The molecule has 3 aromatic carbocycles. The molecule has 0 radical (unpaired) electrons. The van der Waals surface area contributed by atoms with Crippen molar-refractivity contribution in [3.63, 3.8) is 0 Å². The smallest absolute Gasteiger partial charge is 0.328 e. The molecular formula is C24H21F2NO4. The van der Waals surface area contributed by atoms with E-state index in [4.69, 9.17) is 9.47 Å².